The summed E-state index contributed by atoms with van der Waals surface area (Å²) < 4.78 is 25.5. The van der Waals surface area contributed by atoms with E-state index >= 15 is 0 Å². The van der Waals surface area contributed by atoms with Gasteiger partial charge in [-0.15, -0.1) is 0 Å². The number of hydrogen-bond acceptors (Lipinski definition) is 5. The highest BCUT2D eigenvalue weighted by atomic mass is 32.2. The topological polar surface area (TPSA) is 69.6 Å². The number of thioether (sulfide) groups is 1. The van der Waals surface area contributed by atoms with Gasteiger partial charge in [0.2, 0.25) is 10.0 Å². The Bertz CT molecular complexity index is 982. The van der Waals surface area contributed by atoms with Gasteiger partial charge in [-0.25, -0.2) is 8.42 Å². The molecule has 1 aliphatic carbocycles. The Morgan fingerprint density at radius 1 is 1.09 bits per heavy atom. The molecule has 2 unspecified atom stereocenters. The van der Waals surface area contributed by atoms with Gasteiger partial charge in [0.25, 0.3) is 0 Å². The van der Waals surface area contributed by atoms with Crippen LogP contribution in [-0.4, -0.2) is 61.9 Å². The van der Waals surface area contributed by atoms with Crippen LogP contribution in [0.1, 0.15) is 29.9 Å². The molecule has 2 aromatic carbocycles. The molecule has 1 heterocycles. The van der Waals surface area contributed by atoms with E-state index in [-0.39, 0.29) is 0 Å². The van der Waals surface area contributed by atoms with Crippen LogP contribution in [0.15, 0.2) is 54.6 Å². The molecule has 4 rings (SSSR count). The highest BCUT2D eigenvalue weighted by Gasteiger charge is 2.48. The zero-order valence-electron chi connectivity index (χ0n) is 18.9. The molecule has 0 spiro atoms. The first-order valence-electron chi connectivity index (χ1n) is 11.3. The standard InChI is InChI=1S/C25H34N2O3S2/c1-31-18-23(20-8-10-24(11-9-20)26-32(2,29)30)17-27-15-21-13-25(28,14-22(21)16-27)12-19-6-4-3-5-7-19/h3-11,21-23,26,28H,12-18H2,1-2H3/t21-,22+,23?,25?. The van der Waals surface area contributed by atoms with E-state index in [1.807, 2.05) is 54.2 Å². The third-order valence-electron chi connectivity index (χ3n) is 6.84. The zero-order valence-corrected chi connectivity index (χ0v) is 20.5. The quantitative estimate of drug-likeness (QED) is 0.578. The highest BCUT2D eigenvalue weighted by molar-refractivity contribution is 7.98. The first kappa shape index (κ1) is 23.6. The fourth-order valence-corrected chi connectivity index (χ4v) is 6.90. The summed E-state index contributed by atoms with van der Waals surface area (Å²) in [6.45, 7) is 3.12. The van der Waals surface area contributed by atoms with Gasteiger partial charge in [0.05, 0.1) is 11.9 Å². The molecular weight excluding hydrogens is 440 g/mol. The number of nitrogens with zero attached hydrogens (tertiary/aromatic N) is 1. The minimum Gasteiger partial charge on any atom is -0.390 e. The molecule has 2 aromatic rings. The van der Waals surface area contributed by atoms with E-state index < -0.39 is 15.6 Å². The van der Waals surface area contributed by atoms with Gasteiger partial charge in [-0.05, 0) is 54.2 Å². The van der Waals surface area contributed by atoms with Crippen LogP contribution in [0.3, 0.4) is 0 Å². The summed E-state index contributed by atoms with van der Waals surface area (Å²) in [7, 11) is -3.26. The van der Waals surface area contributed by atoms with Crippen molar-refractivity contribution in [1.82, 2.24) is 4.90 Å². The van der Waals surface area contributed by atoms with Crippen molar-refractivity contribution in [3.8, 4) is 0 Å². The maximum absolute atomic E-state index is 11.5. The summed E-state index contributed by atoms with van der Waals surface area (Å²) in [5.41, 5.74) is 2.51. The van der Waals surface area contributed by atoms with Crippen molar-refractivity contribution in [1.29, 1.82) is 0 Å². The third kappa shape index (κ3) is 6.07. The monoisotopic (exact) mass is 474 g/mol. The molecule has 0 radical (unpaired) electrons. The van der Waals surface area contributed by atoms with Crippen molar-refractivity contribution < 1.29 is 13.5 Å². The maximum Gasteiger partial charge on any atom is 0.229 e. The van der Waals surface area contributed by atoms with Gasteiger partial charge in [-0.2, -0.15) is 11.8 Å². The van der Waals surface area contributed by atoms with Gasteiger partial charge in [-0.1, -0.05) is 42.5 Å². The van der Waals surface area contributed by atoms with E-state index in [2.05, 4.69) is 28.0 Å². The van der Waals surface area contributed by atoms with E-state index in [9.17, 15) is 13.5 Å². The van der Waals surface area contributed by atoms with E-state index in [1.165, 1.54) is 17.4 Å². The molecule has 2 fully saturated rings. The molecule has 2 N–H and O–H groups in total. The zero-order chi connectivity index (χ0) is 22.8. The Labute approximate surface area is 196 Å². The Hall–Kier alpha value is -1.54. The Morgan fingerprint density at radius 2 is 1.72 bits per heavy atom. The second-order valence-corrected chi connectivity index (χ2v) is 12.3. The molecule has 0 aromatic heterocycles. The average Bonchev–Trinajstić information content (AvgIpc) is 3.21. The number of anilines is 1. The van der Waals surface area contributed by atoms with Crippen molar-refractivity contribution in [2.75, 3.05) is 42.6 Å². The lowest BCUT2D eigenvalue weighted by Crippen LogP contribution is -2.33. The van der Waals surface area contributed by atoms with Crippen molar-refractivity contribution in [2.45, 2.75) is 30.8 Å². The van der Waals surface area contributed by atoms with E-state index in [1.54, 1.807) is 0 Å². The first-order chi connectivity index (χ1) is 15.2. The second kappa shape index (κ2) is 9.75. The van der Waals surface area contributed by atoms with Gasteiger partial charge >= 0.3 is 0 Å². The van der Waals surface area contributed by atoms with Crippen LogP contribution in [0.4, 0.5) is 5.69 Å². The summed E-state index contributed by atoms with van der Waals surface area (Å²) in [5.74, 6) is 2.57. The molecule has 0 bridgehead atoms. The minimum atomic E-state index is -3.26. The fourth-order valence-electron chi connectivity index (χ4n) is 5.63. The number of sulfonamides is 1. The summed E-state index contributed by atoms with van der Waals surface area (Å²) in [4.78, 5) is 2.57. The van der Waals surface area contributed by atoms with Crippen LogP contribution in [-0.2, 0) is 16.4 Å². The lowest BCUT2D eigenvalue weighted by Gasteiger charge is -2.28. The summed E-state index contributed by atoms with van der Waals surface area (Å²) in [6.07, 6.45) is 5.84. The third-order valence-corrected chi connectivity index (χ3v) is 8.19. The van der Waals surface area contributed by atoms with Crippen LogP contribution < -0.4 is 4.72 Å². The first-order valence-corrected chi connectivity index (χ1v) is 14.6. The minimum absolute atomic E-state index is 0.402. The van der Waals surface area contributed by atoms with Crippen molar-refractivity contribution in [3.05, 3.63) is 65.7 Å². The number of hydrogen-bond donors (Lipinski definition) is 2. The Balaban J connectivity index is 1.35. The van der Waals surface area contributed by atoms with Crippen molar-refractivity contribution >= 4 is 27.5 Å². The molecule has 7 heteroatoms. The normalized spacial score (nSPS) is 26.7. The molecule has 32 heavy (non-hydrogen) atoms. The van der Waals surface area contributed by atoms with Gasteiger partial charge in [0.15, 0.2) is 0 Å². The van der Waals surface area contributed by atoms with Crippen LogP contribution >= 0.6 is 11.8 Å². The summed E-state index contributed by atoms with van der Waals surface area (Å²) in [5, 5.41) is 11.2. The van der Waals surface area contributed by atoms with Crippen molar-refractivity contribution in [2.24, 2.45) is 11.8 Å². The molecule has 4 atom stereocenters. The number of rotatable bonds is 9. The summed E-state index contributed by atoms with van der Waals surface area (Å²) >= 11 is 1.85. The van der Waals surface area contributed by atoms with Crippen LogP contribution in [0.25, 0.3) is 0 Å². The van der Waals surface area contributed by atoms with Gasteiger partial charge in [-0.3, -0.25) is 4.72 Å². The number of fused-ring (bicyclic) bond motifs is 1. The number of nitrogens with one attached hydrogen (secondary N) is 1. The van der Waals surface area contributed by atoms with Crippen LogP contribution in [0.5, 0.6) is 0 Å². The molecule has 2 aliphatic rings. The van der Waals surface area contributed by atoms with E-state index in [0.29, 0.717) is 23.4 Å². The average molecular weight is 475 g/mol. The smallest absolute Gasteiger partial charge is 0.229 e. The number of likely N-dealkylation sites (tertiary alicyclic amines) is 1. The van der Waals surface area contributed by atoms with E-state index in [0.717, 1.165) is 44.6 Å². The van der Waals surface area contributed by atoms with Gasteiger partial charge < -0.3 is 10.0 Å². The number of benzene rings is 2. The lowest BCUT2D eigenvalue weighted by molar-refractivity contribution is 0.0353. The molecule has 5 nitrogen and oxygen atoms in total. The fraction of sp³-hybridized carbons (Fsp3) is 0.520. The molecule has 0 amide bonds. The molecule has 174 valence electrons. The largest absolute Gasteiger partial charge is 0.390 e. The molecule has 1 saturated carbocycles. The maximum atomic E-state index is 11.5. The Morgan fingerprint density at radius 3 is 2.28 bits per heavy atom. The second-order valence-electron chi connectivity index (χ2n) is 9.68. The predicted molar refractivity (Wildman–Crippen MR) is 134 cm³/mol. The molecular formula is C25H34N2O3S2. The van der Waals surface area contributed by atoms with E-state index in [4.69, 9.17) is 0 Å². The van der Waals surface area contributed by atoms with Crippen LogP contribution in [0.2, 0.25) is 0 Å². The SMILES string of the molecule is CSCC(CN1C[C@@H]2CC(O)(Cc3ccccc3)C[C@@H]2C1)c1ccc(NS(C)(=O)=O)cc1. The highest BCUT2D eigenvalue weighted by Crippen LogP contribution is 2.45. The van der Waals surface area contributed by atoms with Gasteiger partial charge in [0, 0.05) is 43.4 Å². The lowest BCUT2D eigenvalue weighted by atomic mass is 9.91. The molecule has 1 aliphatic heterocycles. The van der Waals surface area contributed by atoms with Crippen LogP contribution in [0, 0.1) is 11.8 Å². The molecule has 1 saturated heterocycles. The van der Waals surface area contributed by atoms with Gasteiger partial charge in [0.1, 0.15) is 0 Å². The van der Waals surface area contributed by atoms with Crippen molar-refractivity contribution in [3.63, 3.8) is 0 Å². The Kier molecular flexibility index (Phi) is 7.20. The summed E-state index contributed by atoms with van der Waals surface area (Å²) in [6, 6.07) is 18.1. The predicted octanol–water partition coefficient (Wildman–Crippen LogP) is 3.82. The number of aliphatic hydroxyl groups is 1.